The summed E-state index contributed by atoms with van der Waals surface area (Å²) in [5.74, 6) is 1.26. The third-order valence-electron chi connectivity index (χ3n) is 3.10. The quantitative estimate of drug-likeness (QED) is 0.802. The van der Waals surface area contributed by atoms with Crippen molar-refractivity contribution in [1.29, 1.82) is 0 Å². The number of hydrogen-bond donors (Lipinski definition) is 0. The van der Waals surface area contributed by atoms with E-state index < -0.39 is 5.60 Å². The molecule has 0 saturated carbocycles. The molecule has 0 spiro atoms. The lowest BCUT2D eigenvalue weighted by atomic mass is 9.95. The molecule has 0 bridgehead atoms. The Morgan fingerprint density at radius 1 is 1.47 bits per heavy atom. The van der Waals surface area contributed by atoms with Gasteiger partial charge in [-0.2, -0.15) is 4.98 Å². The highest BCUT2D eigenvalue weighted by atomic mass is 16.5. The van der Waals surface area contributed by atoms with E-state index in [1.54, 1.807) is 6.92 Å². The van der Waals surface area contributed by atoms with Crippen molar-refractivity contribution in [2.45, 2.75) is 51.6 Å². The summed E-state index contributed by atoms with van der Waals surface area (Å²) in [7, 11) is 0. The Bertz CT molecular complexity index is 394. The largest absolute Gasteiger partial charge is 0.367 e. The number of carbonyl (C=O) groups excluding carboxylic acids is 1. The van der Waals surface area contributed by atoms with E-state index in [0.717, 1.165) is 25.9 Å². The lowest BCUT2D eigenvalue weighted by Crippen LogP contribution is -2.31. The predicted molar refractivity (Wildman–Crippen MR) is 60.5 cm³/mol. The molecule has 0 radical (unpaired) electrons. The van der Waals surface area contributed by atoms with Gasteiger partial charge >= 0.3 is 0 Å². The van der Waals surface area contributed by atoms with E-state index in [0.29, 0.717) is 24.6 Å². The van der Waals surface area contributed by atoms with Crippen LogP contribution in [0.2, 0.25) is 0 Å². The molecule has 0 aliphatic carbocycles. The SMILES string of the molecule is CC(=O)CCc1nc(C2(C)CCCCO2)no1. The molecule has 5 nitrogen and oxygen atoms in total. The van der Waals surface area contributed by atoms with Gasteiger partial charge in [-0.3, -0.25) is 0 Å². The zero-order valence-corrected chi connectivity index (χ0v) is 10.4. The summed E-state index contributed by atoms with van der Waals surface area (Å²) in [4.78, 5) is 15.2. The molecule has 94 valence electrons. The van der Waals surface area contributed by atoms with Crippen LogP contribution in [0.1, 0.15) is 51.2 Å². The minimum Gasteiger partial charge on any atom is -0.367 e. The van der Waals surface area contributed by atoms with Crippen LogP contribution < -0.4 is 0 Å². The molecule has 17 heavy (non-hydrogen) atoms. The van der Waals surface area contributed by atoms with Crippen LogP contribution in [0, 0.1) is 0 Å². The fourth-order valence-corrected chi connectivity index (χ4v) is 1.96. The number of carbonyl (C=O) groups is 1. The molecule has 1 aliphatic heterocycles. The molecule has 1 saturated heterocycles. The third kappa shape index (κ3) is 2.91. The summed E-state index contributed by atoms with van der Waals surface area (Å²) in [5.41, 5.74) is -0.420. The maximum atomic E-state index is 10.9. The van der Waals surface area contributed by atoms with Gasteiger partial charge in [0.1, 0.15) is 11.4 Å². The van der Waals surface area contributed by atoms with E-state index in [2.05, 4.69) is 10.1 Å². The van der Waals surface area contributed by atoms with E-state index >= 15 is 0 Å². The highest BCUT2D eigenvalue weighted by Gasteiger charge is 2.34. The topological polar surface area (TPSA) is 65.2 Å². The molecule has 5 heteroatoms. The van der Waals surface area contributed by atoms with Crippen LogP contribution in [0.15, 0.2) is 4.52 Å². The van der Waals surface area contributed by atoms with Gasteiger partial charge in [0.2, 0.25) is 11.7 Å². The monoisotopic (exact) mass is 238 g/mol. The van der Waals surface area contributed by atoms with Gasteiger partial charge in [0, 0.05) is 19.4 Å². The molecule has 1 aromatic rings. The van der Waals surface area contributed by atoms with Crippen molar-refractivity contribution >= 4 is 5.78 Å². The zero-order chi connectivity index (χ0) is 12.3. The summed E-state index contributed by atoms with van der Waals surface area (Å²) in [6.45, 7) is 4.29. The second kappa shape index (κ2) is 4.96. The number of rotatable bonds is 4. The lowest BCUT2D eigenvalue weighted by molar-refractivity contribution is -0.117. The van der Waals surface area contributed by atoms with Crippen LogP contribution in [0.4, 0.5) is 0 Å². The van der Waals surface area contributed by atoms with Crippen molar-refractivity contribution in [3.8, 4) is 0 Å². The normalized spacial score (nSPS) is 24.8. The van der Waals surface area contributed by atoms with Gasteiger partial charge in [0.25, 0.3) is 0 Å². The number of Topliss-reactive ketones (excluding diaryl/α,β-unsaturated/α-hetero) is 1. The summed E-state index contributed by atoms with van der Waals surface area (Å²) in [6.07, 6.45) is 4.08. The van der Waals surface area contributed by atoms with Crippen molar-refractivity contribution in [3.63, 3.8) is 0 Å². The molecule has 1 atom stereocenters. The van der Waals surface area contributed by atoms with Crippen molar-refractivity contribution in [2.24, 2.45) is 0 Å². The van der Waals surface area contributed by atoms with Gasteiger partial charge < -0.3 is 14.1 Å². The third-order valence-corrected chi connectivity index (χ3v) is 3.10. The maximum absolute atomic E-state index is 10.9. The van der Waals surface area contributed by atoms with Gasteiger partial charge in [-0.1, -0.05) is 5.16 Å². The fraction of sp³-hybridized carbons (Fsp3) is 0.750. The zero-order valence-electron chi connectivity index (χ0n) is 10.4. The maximum Gasteiger partial charge on any atom is 0.227 e. The smallest absolute Gasteiger partial charge is 0.227 e. The summed E-state index contributed by atoms with van der Waals surface area (Å²) in [6, 6.07) is 0. The molecule has 1 unspecified atom stereocenters. The average molecular weight is 238 g/mol. The van der Waals surface area contributed by atoms with E-state index in [9.17, 15) is 4.79 Å². The van der Waals surface area contributed by atoms with Gasteiger partial charge in [0.05, 0.1) is 0 Å². The van der Waals surface area contributed by atoms with Crippen molar-refractivity contribution < 1.29 is 14.1 Å². The molecule has 1 aromatic heterocycles. The fourth-order valence-electron chi connectivity index (χ4n) is 1.96. The van der Waals surface area contributed by atoms with Crippen LogP contribution >= 0.6 is 0 Å². The predicted octanol–water partition coefficient (Wildman–Crippen LogP) is 2.01. The van der Waals surface area contributed by atoms with Gasteiger partial charge in [0.15, 0.2) is 0 Å². The number of ketones is 1. The second-order valence-electron chi connectivity index (χ2n) is 4.75. The first-order valence-corrected chi connectivity index (χ1v) is 6.07. The van der Waals surface area contributed by atoms with E-state index in [4.69, 9.17) is 9.26 Å². The van der Waals surface area contributed by atoms with Crippen LogP contribution in [0.25, 0.3) is 0 Å². The number of ether oxygens (including phenoxy) is 1. The average Bonchev–Trinajstić information content (AvgIpc) is 2.76. The summed E-state index contributed by atoms with van der Waals surface area (Å²) in [5, 5.41) is 3.97. The number of nitrogens with zero attached hydrogens (tertiary/aromatic N) is 2. The molecular formula is C12H18N2O3. The number of aryl methyl sites for hydroxylation is 1. The van der Waals surface area contributed by atoms with Crippen molar-refractivity contribution in [3.05, 3.63) is 11.7 Å². The van der Waals surface area contributed by atoms with Crippen LogP contribution in [0.3, 0.4) is 0 Å². The summed E-state index contributed by atoms with van der Waals surface area (Å²) < 4.78 is 10.9. The molecular weight excluding hydrogens is 220 g/mol. The first kappa shape index (κ1) is 12.2. The highest BCUT2D eigenvalue weighted by molar-refractivity contribution is 5.75. The van der Waals surface area contributed by atoms with Crippen LogP contribution in [-0.2, 0) is 21.6 Å². The van der Waals surface area contributed by atoms with Crippen LogP contribution in [-0.4, -0.2) is 22.5 Å². The van der Waals surface area contributed by atoms with E-state index in [-0.39, 0.29) is 5.78 Å². The minimum atomic E-state index is -0.420. The van der Waals surface area contributed by atoms with Gasteiger partial charge in [-0.05, 0) is 33.1 Å². The van der Waals surface area contributed by atoms with Crippen LogP contribution in [0.5, 0.6) is 0 Å². The number of hydrogen-bond acceptors (Lipinski definition) is 5. The Morgan fingerprint density at radius 3 is 2.94 bits per heavy atom. The molecule has 1 fully saturated rings. The lowest BCUT2D eigenvalue weighted by Gasteiger charge is -2.30. The second-order valence-corrected chi connectivity index (χ2v) is 4.75. The Labute approximate surface area is 101 Å². The van der Waals surface area contributed by atoms with E-state index in [1.807, 2.05) is 6.92 Å². The molecule has 0 aromatic carbocycles. The first-order chi connectivity index (χ1) is 8.10. The van der Waals surface area contributed by atoms with Gasteiger partial charge in [-0.15, -0.1) is 0 Å². The Morgan fingerprint density at radius 2 is 2.29 bits per heavy atom. The van der Waals surface area contributed by atoms with Gasteiger partial charge in [-0.25, -0.2) is 0 Å². The standard InChI is InChI=1S/C12H18N2O3/c1-9(15)5-6-10-13-11(14-17-10)12(2)7-3-4-8-16-12/h3-8H2,1-2H3. The number of aromatic nitrogens is 2. The van der Waals surface area contributed by atoms with Crippen molar-refractivity contribution in [2.75, 3.05) is 6.61 Å². The molecule has 0 N–H and O–H groups in total. The Hall–Kier alpha value is -1.23. The van der Waals surface area contributed by atoms with E-state index in [1.165, 1.54) is 0 Å². The first-order valence-electron chi connectivity index (χ1n) is 6.07. The Kier molecular flexibility index (Phi) is 3.57. The summed E-state index contributed by atoms with van der Waals surface area (Å²) >= 11 is 0. The molecule has 1 aliphatic rings. The molecule has 2 heterocycles. The highest BCUT2D eigenvalue weighted by Crippen LogP contribution is 2.32. The molecule has 2 rings (SSSR count). The molecule has 0 amide bonds. The minimum absolute atomic E-state index is 0.130. The van der Waals surface area contributed by atoms with Crippen molar-refractivity contribution in [1.82, 2.24) is 10.1 Å². The Balaban J connectivity index is 2.03.